The second-order valence-corrected chi connectivity index (χ2v) is 5.08. The molecule has 90 valence electrons. The van der Waals surface area contributed by atoms with E-state index in [0.717, 1.165) is 32.1 Å². The summed E-state index contributed by atoms with van der Waals surface area (Å²) in [5.74, 6) is 0.660. The van der Waals surface area contributed by atoms with Gasteiger partial charge in [-0.05, 0) is 46.0 Å². The fraction of sp³-hybridized carbons (Fsp3) is 0.667. The van der Waals surface area contributed by atoms with E-state index in [0.29, 0.717) is 5.78 Å². The molecule has 0 amide bonds. The van der Waals surface area contributed by atoms with Crippen molar-refractivity contribution in [2.45, 2.75) is 59.3 Å². The molecule has 0 fully saturated rings. The first kappa shape index (κ1) is 13.2. The van der Waals surface area contributed by atoms with Crippen LogP contribution in [0.5, 0.6) is 0 Å². The van der Waals surface area contributed by atoms with Gasteiger partial charge in [0.2, 0.25) is 0 Å². The molecule has 1 aliphatic rings. The molecule has 0 saturated carbocycles. The molecule has 1 nitrogen and oxygen atoms in total. The van der Waals surface area contributed by atoms with Gasteiger partial charge in [-0.2, -0.15) is 0 Å². The SMILES string of the molecule is CC1=CCCC(=O)C(C)CCC=C(C)CC1. The van der Waals surface area contributed by atoms with Gasteiger partial charge in [0.15, 0.2) is 0 Å². The Morgan fingerprint density at radius 2 is 1.56 bits per heavy atom. The maximum absolute atomic E-state index is 11.8. The molecular weight excluding hydrogens is 196 g/mol. The number of rotatable bonds is 0. The summed E-state index contributed by atoms with van der Waals surface area (Å²) in [6.07, 6.45) is 10.6. The molecule has 0 aromatic carbocycles. The van der Waals surface area contributed by atoms with Crippen LogP contribution in [0.1, 0.15) is 59.3 Å². The van der Waals surface area contributed by atoms with Crippen molar-refractivity contribution in [2.24, 2.45) is 5.92 Å². The Morgan fingerprint density at radius 3 is 2.19 bits per heavy atom. The fourth-order valence-corrected chi connectivity index (χ4v) is 2.05. The van der Waals surface area contributed by atoms with Gasteiger partial charge in [-0.3, -0.25) is 4.79 Å². The summed E-state index contributed by atoms with van der Waals surface area (Å²) in [6.45, 7) is 6.44. The van der Waals surface area contributed by atoms with E-state index in [9.17, 15) is 4.79 Å². The minimum atomic E-state index is 0.234. The number of Topliss-reactive ketones (excluding diaryl/α,β-unsaturated/α-hetero) is 1. The van der Waals surface area contributed by atoms with Crippen molar-refractivity contribution in [1.82, 2.24) is 0 Å². The van der Waals surface area contributed by atoms with E-state index in [-0.39, 0.29) is 5.92 Å². The molecule has 0 aromatic rings. The van der Waals surface area contributed by atoms with E-state index < -0.39 is 0 Å². The van der Waals surface area contributed by atoms with E-state index in [4.69, 9.17) is 0 Å². The number of carbonyl (C=O) groups excluding carboxylic acids is 1. The second kappa shape index (κ2) is 6.67. The van der Waals surface area contributed by atoms with Crippen LogP contribution in [0.2, 0.25) is 0 Å². The van der Waals surface area contributed by atoms with E-state index in [2.05, 4.69) is 32.9 Å². The van der Waals surface area contributed by atoms with Crippen molar-refractivity contribution in [2.75, 3.05) is 0 Å². The lowest BCUT2D eigenvalue weighted by Gasteiger charge is -2.10. The molecular formula is C15H24O. The smallest absolute Gasteiger partial charge is 0.136 e. The standard InChI is InChI=1S/C15H24O/c1-12-6-4-8-14(3)15(16)9-5-7-13(2)11-10-12/h6-7,14H,4-5,8-11H2,1-3H3. The molecule has 0 aliphatic heterocycles. The summed E-state index contributed by atoms with van der Waals surface area (Å²) >= 11 is 0. The minimum absolute atomic E-state index is 0.234. The molecule has 16 heavy (non-hydrogen) atoms. The number of ketones is 1. The molecule has 0 bridgehead atoms. The van der Waals surface area contributed by atoms with Gasteiger partial charge in [0.05, 0.1) is 0 Å². The number of allylic oxidation sites excluding steroid dienone is 4. The predicted molar refractivity (Wildman–Crippen MR) is 69.4 cm³/mol. The monoisotopic (exact) mass is 220 g/mol. The van der Waals surface area contributed by atoms with Crippen molar-refractivity contribution in [3.05, 3.63) is 23.3 Å². The molecule has 0 heterocycles. The van der Waals surface area contributed by atoms with Crippen LogP contribution >= 0.6 is 0 Å². The Kier molecular flexibility index (Phi) is 5.51. The Balaban J connectivity index is 2.64. The first-order valence-corrected chi connectivity index (χ1v) is 6.43. The Hall–Kier alpha value is -0.850. The summed E-state index contributed by atoms with van der Waals surface area (Å²) in [5.41, 5.74) is 2.89. The summed E-state index contributed by atoms with van der Waals surface area (Å²) < 4.78 is 0. The molecule has 0 aromatic heterocycles. The van der Waals surface area contributed by atoms with E-state index in [1.54, 1.807) is 0 Å². The number of hydrogen-bond donors (Lipinski definition) is 0. The van der Waals surface area contributed by atoms with Crippen molar-refractivity contribution in [3.63, 3.8) is 0 Å². The molecule has 0 saturated heterocycles. The van der Waals surface area contributed by atoms with Crippen LogP contribution in [0, 0.1) is 5.92 Å². The third-order valence-electron chi connectivity index (χ3n) is 3.44. The van der Waals surface area contributed by atoms with Crippen molar-refractivity contribution < 1.29 is 4.79 Å². The van der Waals surface area contributed by atoms with E-state index in [1.165, 1.54) is 17.6 Å². The maximum Gasteiger partial charge on any atom is 0.136 e. The summed E-state index contributed by atoms with van der Waals surface area (Å²) in [5, 5.41) is 0. The summed E-state index contributed by atoms with van der Waals surface area (Å²) in [6, 6.07) is 0. The van der Waals surface area contributed by atoms with Crippen LogP contribution in [0.3, 0.4) is 0 Å². The second-order valence-electron chi connectivity index (χ2n) is 5.08. The third-order valence-corrected chi connectivity index (χ3v) is 3.44. The lowest BCUT2D eigenvalue weighted by atomic mass is 9.94. The van der Waals surface area contributed by atoms with Crippen molar-refractivity contribution in [3.8, 4) is 0 Å². The zero-order valence-electron chi connectivity index (χ0n) is 10.9. The maximum atomic E-state index is 11.8. The highest BCUT2D eigenvalue weighted by Crippen LogP contribution is 2.18. The predicted octanol–water partition coefficient (Wildman–Crippen LogP) is 4.44. The highest BCUT2D eigenvalue weighted by Gasteiger charge is 2.11. The average Bonchev–Trinajstić information content (AvgIpc) is 2.24. The summed E-state index contributed by atoms with van der Waals surface area (Å²) in [7, 11) is 0. The number of carbonyl (C=O) groups is 1. The molecule has 1 atom stereocenters. The topological polar surface area (TPSA) is 17.1 Å². The van der Waals surface area contributed by atoms with Crippen molar-refractivity contribution in [1.29, 1.82) is 0 Å². The first-order chi connectivity index (χ1) is 7.59. The Bertz CT molecular complexity index is 297. The van der Waals surface area contributed by atoms with E-state index >= 15 is 0 Å². The third kappa shape index (κ3) is 4.78. The van der Waals surface area contributed by atoms with Gasteiger partial charge >= 0.3 is 0 Å². The largest absolute Gasteiger partial charge is 0.299 e. The first-order valence-electron chi connectivity index (χ1n) is 6.43. The lowest BCUT2D eigenvalue weighted by molar-refractivity contribution is -0.122. The quantitative estimate of drug-likeness (QED) is 0.552. The fourth-order valence-electron chi connectivity index (χ4n) is 2.05. The van der Waals surface area contributed by atoms with Gasteiger partial charge < -0.3 is 0 Å². The van der Waals surface area contributed by atoms with Gasteiger partial charge in [0.25, 0.3) is 0 Å². The van der Waals surface area contributed by atoms with Gasteiger partial charge in [0.1, 0.15) is 5.78 Å². The summed E-state index contributed by atoms with van der Waals surface area (Å²) in [4.78, 5) is 11.8. The van der Waals surface area contributed by atoms with Crippen LogP contribution in [-0.4, -0.2) is 5.78 Å². The van der Waals surface area contributed by atoms with Crippen LogP contribution < -0.4 is 0 Å². The van der Waals surface area contributed by atoms with Crippen molar-refractivity contribution >= 4 is 5.78 Å². The molecule has 1 unspecified atom stereocenters. The zero-order valence-corrected chi connectivity index (χ0v) is 10.9. The zero-order chi connectivity index (χ0) is 12.0. The van der Waals surface area contributed by atoms with Crippen LogP contribution in [0.15, 0.2) is 23.3 Å². The van der Waals surface area contributed by atoms with Gasteiger partial charge in [-0.25, -0.2) is 0 Å². The van der Waals surface area contributed by atoms with Crippen LogP contribution in [0.4, 0.5) is 0 Å². The van der Waals surface area contributed by atoms with Gasteiger partial charge in [-0.15, -0.1) is 0 Å². The van der Waals surface area contributed by atoms with E-state index in [1.807, 2.05) is 0 Å². The molecule has 1 heteroatoms. The lowest BCUT2D eigenvalue weighted by Crippen LogP contribution is -2.10. The molecule has 1 aliphatic carbocycles. The minimum Gasteiger partial charge on any atom is -0.299 e. The van der Waals surface area contributed by atoms with Crippen LogP contribution in [-0.2, 0) is 4.79 Å². The highest BCUT2D eigenvalue weighted by molar-refractivity contribution is 5.80. The molecule has 1 rings (SSSR count). The average molecular weight is 220 g/mol. The van der Waals surface area contributed by atoms with Crippen LogP contribution in [0.25, 0.3) is 0 Å². The highest BCUT2D eigenvalue weighted by atomic mass is 16.1. The Labute approximate surface area is 99.6 Å². The normalized spacial score (nSPS) is 25.2. The molecule has 0 spiro atoms. The Morgan fingerprint density at radius 1 is 1.00 bits per heavy atom. The number of hydrogen-bond acceptors (Lipinski definition) is 1. The molecule has 0 radical (unpaired) electrons. The van der Waals surface area contributed by atoms with Gasteiger partial charge in [-0.1, -0.05) is 30.2 Å². The molecule has 0 N–H and O–H groups in total. The van der Waals surface area contributed by atoms with Gasteiger partial charge in [0, 0.05) is 12.3 Å².